The van der Waals surface area contributed by atoms with Crippen molar-refractivity contribution in [3.63, 3.8) is 0 Å². The Labute approximate surface area is 151 Å². The Hall–Kier alpha value is -1.98. The van der Waals surface area contributed by atoms with E-state index in [0.717, 1.165) is 36.2 Å². The highest BCUT2D eigenvalue weighted by Crippen LogP contribution is 2.42. The number of aromatic nitrogens is 2. The lowest BCUT2D eigenvalue weighted by Gasteiger charge is -2.22. The van der Waals surface area contributed by atoms with Crippen LogP contribution in [0.4, 0.5) is 0 Å². The fourth-order valence-corrected chi connectivity index (χ4v) is 4.37. The lowest BCUT2D eigenvalue weighted by atomic mass is 9.89. The molecular weight excluding hydrogens is 338 g/mol. The van der Waals surface area contributed by atoms with E-state index in [2.05, 4.69) is 9.88 Å². The molecule has 3 unspecified atom stereocenters. The van der Waals surface area contributed by atoms with Crippen LogP contribution in [-0.4, -0.2) is 38.0 Å². The number of hydrogen-bond acceptors (Lipinski definition) is 4. The minimum atomic E-state index is -0.669. The summed E-state index contributed by atoms with van der Waals surface area (Å²) in [5, 5.41) is 10.1. The van der Waals surface area contributed by atoms with Crippen LogP contribution in [0.15, 0.2) is 30.3 Å². The Morgan fingerprint density at radius 1 is 1.28 bits per heavy atom. The van der Waals surface area contributed by atoms with E-state index in [1.54, 1.807) is 0 Å². The monoisotopic (exact) mass is 357 g/mol. The number of aliphatic carboxylic acids is 1. The molecule has 25 heavy (non-hydrogen) atoms. The maximum atomic E-state index is 11.4. The Kier molecular flexibility index (Phi) is 4.21. The van der Waals surface area contributed by atoms with Gasteiger partial charge in [0.2, 0.25) is 0 Å². The Balaban J connectivity index is 1.59. The molecule has 4 rings (SSSR count). The average Bonchev–Trinajstić information content (AvgIpc) is 3.12. The summed E-state index contributed by atoms with van der Waals surface area (Å²) in [6.45, 7) is 2.65. The molecule has 6 heteroatoms. The van der Waals surface area contributed by atoms with Crippen LogP contribution in [0.2, 0.25) is 5.02 Å². The van der Waals surface area contributed by atoms with Gasteiger partial charge >= 0.3 is 5.97 Å². The molecule has 2 saturated heterocycles. The minimum Gasteiger partial charge on any atom is -0.481 e. The summed E-state index contributed by atoms with van der Waals surface area (Å²) < 4.78 is 0. The van der Waals surface area contributed by atoms with Gasteiger partial charge in [0.25, 0.3) is 0 Å². The minimum absolute atomic E-state index is 0.136. The normalized spacial score (nSPS) is 25.4. The van der Waals surface area contributed by atoms with E-state index in [9.17, 15) is 9.90 Å². The van der Waals surface area contributed by atoms with Gasteiger partial charge in [-0.2, -0.15) is 0 Å². The van der Waals surface area contributed by atoms with Crippen LogP contribution in [0.1, 0.15) is 30.7 Å². The first-order valence-corrected chi connectivity index (χ1v) is 8.98. The Morgan fingerprint density at radius 3 is 2.72 bits per heavy atom. The summed E-state index contributed by atoms with van der Waals surface area (Å²) in [6, 6.07) is 9.99. The predicted octanol–water partition coefficient (Wildman–Crippen LogP) is 3.54. The maximum absolute atomic E-state index is 11.4. The molecule has 3 atom stereocenters. The third-order valence-corrected chi connectivity index (χ3v) is 5.60. The number of fused-ring (bicyclic) bond motifs is 2. The third-order valence-electron chi connectivity index (χ3n) is 5.35. The number of carboxylic acid groups (broad SMARTS) is 1. The van der Waals surface area contributed by atoms with Gasteiger partial charge in [0.05, 0.1) is 11.6 Å². The molecule has 1 N–H and O–H groups in total. The van der Waals surface area contributed by atoms with E-state index < -0.39 is 5.97 Å². The van der Waals surface area contributed by atoms with Crippen LogP contribution in [0.25, 0.3) is 11.4 Å². The zero-order valence-electron chi connectivity index (χ0n) is 14.0. The van der Waals surface area contributed by atoms with Crippen LogP contribution in [-0.2, 0) is 11.3 Å². The molecule has 1 aromatic carbocycles. The number of halogens is 1. The SMILES string of the molecule is Cc1cc(CN2C3CCC2C(C(=O)O)C3)nc(-c2ccc(Cl)cc2)n1. The molecule has 0 spiro atoms. The number of carbonyl (C=O) groups is 1. The molecule has 2 aliphatic heterocycles. The molecular formula is C19H20ClN3O2. The van der Waals surface area contributed by atoms with Crippen molar-refractivity contribution < 1.29 is 9.90 Å². The van der Waals surface area contributed by atoms with E-state index in [1.807, 2.05) is 37.3 Å². The van der Waals surface area contributed by atoms with Gasteiger partial charge in [-0.1, -0.05) is 11.6 Å². The highest BCUT2D eigenvalue weighted by atomic mass is 35.5. The van der Waals surface area contributed by atoms with E-state index >= 15 is 0 Å². The lowest BCUT2D eigenvalue weighted by molar-refractivity contribution is -0.142. The van der Waals surface area contributed by atoms with Crippen LogP contribution in [0, 0.1) is 12.8 Å². The van der Waals surface area contributed by atoms with E-state index in [4.69, 9.17) is 16.6 Å². The van der Waals surface area contributed by atoms with Crippen LogP contribution in [0.5, 0.6) is 0 Å². The van der Waals surface area contributed by atoms with Gasteiger partial charge in [0.1, 0.15) is 0 Å². The summed E-state index contributed by atoms with van der Waals surface area (Å²) in [7, 11) is 0. The summed E-state index contributed by atoms with van der Waals surface area (Å²) >= 11 is 5.96. The molecule has 0 radical (unpaired) electrons. The lowest BCUT2D eigenvalue weighted by Crippen LogP contribution is -2.32. The van der Waals surface area contributed by atoms with E-state index in [-0.39, 0.29) is 12.0 Å². The number of nitrogens with zero attached hydrogens (tertiary/aromatic N) is 3. The van der Waals surface area contributed by atoms with Crippen molar-refractivity contribution in [3.05, 3.63) is 46.7 Å². The molecule has 130 valence electrons. The van der Waals surface area contributed by atoms with Gasteiger partial charge in [-0.25, -0.2) is 9.97 Å². The third kappa shape index (κ3) is 3.14. The number of benzene rings is 1. The molecule has 2 bridgehead atoms. The standard InChI is InChI=1S/C19H20ClN3O2/c1-11-8-14(22-18(21-11)12-2-4-13(20)5-3-12)10-23-15-6-7-17(23)16(9-15)19(24)25/h2-5,8,15-17H,6-7,9-10H2,1H3,(H,24,25). The zero-order chi connectivity index (χ0) is 17.6. The number of rotatable bonds is 4. The summed E-state index contributed by atoms with van der Waals surface area (Å²) in [6.07, 6.45) is 2.81. The Morgan fingerprint density at radius 2 is 2.04 bits per heavy atom. The molecule has 2 fully saturated rings. The van der Waals surface area contributed by atoms with Crippen LogP contribution < -0.4 is 0 Å². The molecule has 2 aromatic rings. The molecule has 0 aliphatic carbocycles. The molecule has 5 nitrogen and oxygen atoms in total. The van der Waals surface area contributed by atoms with Crippen molar-refractivity contribution in [2.45, 2.75) is 44.8 Å². The van der Waals surface area contributed by atoms with Crippen LogP contribution in [0.3, 0.4) is 0 Å². The van der Waals surface area contributed by atoms with Crippen molar-refractivity contribution in [3.8, 4) is 11.4 Å². The smallest absolute Gasteiger partial charge is 0.308 e. The van der Waals surface area contributed by atoms with Gasteiger partial charge in [0.15, 0.2) is 5.82 Å². The van der Waals surface area contributed by atoms with Crippen molar-refractivity contribution in [2.75, 3.05) is 0 Å². The molecule has 3 heterocycles. The molecule has 0 saturated carbocycles. The van der Waals surface area contributed by atoms with Crippen molar-refractivity contribution in [1.29, 1.82) is 0 Å². The predicted molar refractivity (Wildman–Crippen MR) is 95.3 cm³/mol. The van der Waals surface area contributed by atoms with Gasteiger partial charge in [-0.15, -0.1) is 0 Å². The first-order chi connectivity index (χ1) is 12.0. The van der Waals surface area contributed by atoms with E-state index in [0.29, 0.717) is 23.4 Å². The first kappa shape index (κ1) is 16.5. The van der Waals surface area contributed by atoms with Gasteiger partial charge in [-0.05, 0) is 56.5 Å². The summed E-state index contributed by atoms with van der Waals surface area (Å²) in [4.78, 5) is 23.0. The second kappa shape index (κ2) is 6.39. The number of hydrogen-bond donors (Lipinski definition) is 1. The van der Waals surface area contributed by atoms with Crippen molar-refractivity contribution in [1.82, 2.24) is 14.9 Å². The van der Waals surface area contributed by atoms with Crippen molar-refractivity contribution in [2.24, 2.45) is 5.92 Å². The molecule has 2 aliphatic rings. The van der Waals surface area contributed by atoms with Gasteiger partial charge in [-0.3, -0.25) is 9.69 Å². The second-order valence-corrected chi connectivity index (χ2v) is 7.42. The second-order valence-electron chi connectivity index (χ2n) is 6.98. The van der Waals surface area contributed by atoms with E-state index in [1.165, 1.54) is 0 Å². The Bertz CT molecular complexity index is 809. The zero-order valence-corrected chi connectivity index (χ0v) is 14.8. The first-order valence-electron chi connectivity index (χ1n) is 8.60. The van der Waals surface area contributed by atoms with Gasteiger partial charge < -0.3 is 5.11 Å². The maximum Gasteiger partial charge on any atom is 0.308 e. The average molecular weight is 358 g/mol. The fourth-order valence-electron chi connectivity index (χ4n) is 4.24. The number of carboxylic acids is 1. The summed E-state index contributed by atoms with van der Waals surface area (Å²) in [5.74, 6) is -0.219. The fraction of sp³-hybridized carbons (Fsp3) is 0.421. The van der Waals surface area contributed by atoms with Crippen molar-refractivity contribution >= 4 is 17.6 Å². The number of aryl methyl sites for hydroxylation is 1. The highest BCUT2D eigenvalue weighted by Gasteiger charge is 2.49. The highest BCUT2D eigenvalue weighted by molar-refractivity contribution is 6.30. The molecule has 1 aromatic heterocycles. The quantitative estimate of drug-likeness (QED) is 0.906. The largest absolute Gasteiger partial charge is 0.481 e. The molecule has 0 amide bonds. The topological polar surface area (TPSA) is 66.3 Å². The van der Waals surface area contributed by atoms with Gasteiger partial charge in [0, 0.05) is 34.9 Å². The van der Waals surface area contributed by atoms with Crippen LogP contribution >= 0.6 is 11.6 Å². The summed E-state index contributed by atoms with van der Waals surface area (Å²) in [5.41, 5.74) is 2.79.